The lowest BCUT2D eigenvalue weighted by Crippen LogP contribution is -2.27. The van der Waals surface area contributed by atoms with Gasteiger partial charge in [-0.25, -0.2) is 4.98 Å². The fourth-order valence-electron chi connectivity index (χ4n) is 4.00. The molecular weight excluding hydrogens is 450 g/mol. The summed E-state index contributed by atoms with van der Waals surface area (Å²) in [5.74, 6) is -0.327. The van der Waals surface area contributed by atoms with Crippen molar-refractivity contribution in [3.63, 3.8) is 0 Å². The first-order valence-corrected chi connectivity index (χ1v) is 11.3. The summed E-state index contributed by atoms with van der Waals surface area (Å²) >= 11 is 0. The lowest BCUT2D eigenvalue weighted by molar-refractivity contribution is -0.121. The van der Waals surface area contributed by atoms with Crippen molar-refractivity contribution in [2.45, 2.75) is 32.1 Å². The molecule has 0 saturated heterocycles. The summed E-state index contributed by atoms with van der Waals surface area (Å²) in [6.45, 7) is 2.02. The molecule has 2 aromatic heterocycles. The Morgan fingerprint density at radius 2 is 2.00 bits per heavy atom. The molecule has 35 heavy (non-hydrogen) atoms. The zero-order valence-corrected chi connectivity index (χ0v) is 19.5. The lowest BCUT2D eigenvalue weighted by Gasteiger charge is -2.19. The highest BCUT2D eigenvalue weighted by Gasteiger charge is 2.26. The van der Waals surface area contributed by atoms with Crippen molar-refractivity contribution in [1.82, 2.24) is 15.3 Å². The van der Waals surface area contributed by atoms with E-state index in [2.05, 4.69) is 15.3 Å². The maximum absolute atomic E-state index is 12.8. The molecule has 0 spiro atoms. The van der Waals surface area contributed by atoms with E-state index in [1.807, 2.05) is 24.3 Å². The van der Waals surface area contributed by atoms with Crippen LogP contribution in [-0.2, 0) is 11.2 Å². The van der Waals surface area contributed by atoms with Crippen LogP contribution in [0, 0.1) is 6.92 Å². The van der Waals surface area contributed by atoms with Crippen molar-refractivity contribution < 1.29 is 24.2 Å². The number of carbonyl (C=O) groups is 1. The summed E-state index contributed by atoms with van der Waals surface area (Å²) in [5.41, 5.74) is 1.82. The molecule has 0 aliphatic rings. The van der Waals surface area contributed by atoms with Gasteiger partial charge in [0.05, 0.1) is 24.1 Å². The average molecular weight is 478 g/mol. The average Bonchev–Trinajstić information content (AvgIpc) is 3.26. The molecule has 4 N–H and O–H groups in total. The first kappa shape index (κ1) is 23.9. The molecule has 9 heteroatoms. The van der Waals surface area contributed by atoms with E-state index in [1.54, 1.807) is 19.1 Å². The summed E-state index contributed by atoms with van der Waals surface area (Å²) in [6.07, 6.45) is 1.26. The van der Waals surface area contributed by atoms with Crippen LogP contribution >= 0.6 is 0 Å². The second-order valence-corrected chi connectivity index (χ2v) is 8.28. The van der Waals surface area contributed by atoms with Crippen molar-refractivity contribution in [1.29, 1.82) is 0 Å². The fourth-order valence-corrected chi connectivity index (χ4v) is 4.00. The van der Waals surface area contributed by atoms with Crippen LogP contribution in [0.15, 0.2) is 57.7 Å². The zero-order chi connectivity index (χ0) is 24.9. The van der Waals surface area contributed by atoms with Crippen molar-refractivity contribution >= 4 is 16.9 Å². The largest absolute Gasteiger partial charge is 0.504 e. The van der Waals surface area contributed by atoms with Gasteiger partial charge in [0.1, 0.15) is 11.6 Å². The fraction of sp³-hybridized carbons (Fsp3) is 0.269. The molecule has 1 atom stereocenters. The highest BCUT2D eigenvalue weighted by atomic mass is 16.5. The van der Waals surface area contributed by atoms with Crippen LogP contribution in [0.2, 0.25) is 0 Å². The van der Waals surface area contributed by atoms with Crippen LogP contribution < -0.4 is 15.5 Å². The smallest absolute Gasteiger partial charge is 0.227 e. The number of hydrogen-bond donors (Lipinski definition) is 4. The van der Waals surface area contributed by atoms with Crippen molar-refractivity contribution in [2.75, 3.05) is 13.7 Å². The van der Waals surface area contributed by atoms with Gasteiger partial charge in [-0.3, -0.25) is 9.59 Å². The predicted octanol–water partition coefficient (Wildman–Crippen LogP) is 3.52. The van der Waals surface area contributed by atoms with E-state index < -0.39 is 17.1 Å². The van der Waals surface area contributed by atoms with E-state index in [0.717, 1.165) is 16.9 Å². The first-order chi connectivity index (χ1) is 16.9. The molecule has 9 nitrogen and oxygen atoms in total. The number of aromatic amines is 1. The molecule has 4 rings (SSSR count). The number of aromatic nitrogens is 2. The summed E-state index contributed by atoms with van der Waals surface area (Å²) in [6, 6.07) is 13.5. The summed E-state index contributed by atoms with van der Waals surface area (Å²) < 4.78 is 10.9. The number of aromatic hydroxyl groups is 2. The molecule has 2 heterocycles. The summed E-state index contributed by atoms with van der Waals surface area (Å²) in [5, 5.41) is 23.3. The Kier molecular flexibility index (Phi) is 7.05. The van der Waals surface area contributed by atoms with Crippen LogP contribution in [-0.4, -0.2) is 39.7 Å². The van der Waals surface area contributed by atoms with Crippen LogP contribution in [0.3, 0.4) is 0 Å². The van der Waals surface area contributed by atoms with Gasteiger partial charge in [-0.1, -0.05) is 18.2 Å². The van der Waals surface area contributed by atoms with Gasteiger partial charge in [0.2, 0.25) is 17.1 Å². The SMILES string of the molecule is COc1cc([C@@H](CC(=O)NCCCc2nc3ccccc3[nH]2)c2oc(C)cc(=O)c2O)ccc1O. The molecule has 0 aliphatic carbocycles. The molecule has 0 unspecified atom stereocenters. The monoisotopic (exact) mass is 477 g/mol. The standard InChI is InChI=1S/C26H27N3O6/c1-15-12-21(31)25(33)26(35-15)17(16-9-10-20(30)22(13-16)34-2)14-24(32)27-11-5-8-23-28-18-6-3-4-7-19(18)29-23/h3-4,6-7,9-10,12-13,17,30,33H,5,8,11,14H2,1-2H3,(H,27,32)(H,28,29)/t17-/m1/s1. The number of hydrogen-bond acceptors (Lipinski definition) is 7. The Morgan fingerprint density at radius 1 is 1.20 bits per heavy atom. The van der Waals surface area contributed by atoms with Crippen molar-refractivity contribution in [3.8, 4) is 17.2 Å². The van der Waals surface area contributed by atoms with Gasteiger partial charge in [0, 0.05) is 25.5 Å². The van der Waals surface area contributed by atoms with E-state index >= 15 is 0 Å². The number of nitrogens with zero attached hydrogens (tertiary/aromatic N) is 1. The molecule has 0 fully saturated rings. The summed E-state index contributed by atoms with van der Waals surface area (Å²) in [4.78, 5) is 32.8. The van der Waals surface area contributed by atoms with Gasteiger partial charge in [-0.05, 0) is 43.2 Å². The van der Waals surface area contributed by atoms with Gasteiger partial charge in [0.25, 0.3) is 0 Å². The molecule has 0 aliphatic heterocycles. The second kappa shape index (κ2) is 10.3. The molecular formula is C26H27N3O6. The first-order valence-electron chi connectivity index (χ1n) is 11.3. The number of aryl methyl sites for hydroxylation is 2. The molecule has 2 aromatic carbocycles. The third-order valence-electron chi connectivity index (χ3n) is 5.74. The van der Waals surface area contributed by atoms with Crippen molar-refractivity contribution in [3.05, 3.63) is 81.7 Å². The molecule has 0 radical (unpaired) electrons. The number of nitrogens with one attached hydrogen (secondary N) is 2. The molecule has 182 valence electrons. The number of amides is 1. The number of fused-ring (bicyclic) bond motifs is 1. The van der Waals surface area contributed by atoms with Gasteiger partial charge >= 0.3 is 0 Å². The predicted molar refractivity (Wildman–Crippen MR) is 130 cm³/mol. The van der Waals surface area contributed by atoms with E-state index in [0.29, 0.717) is 30.7 Å². The minimum Gasteiger partial charge on any atom is -0.504 e. The number of methoxy groups -OCH3 is 1. The minimum absolute atomic E-state index is 0.0137. The highest BCUT2D eigenvalue weighted by molar-refractivity contribution is 5.77. The topological polar surface area (TPSA) is 138 Å². The molecule has 0 saturated carbocycles. The number of carbonyl (C=O) groups excluding carboxylic acids is 1. The maximum Gasteiger partial charge on any atom is 0.227 e. The molecule has 4 aromatic rings. The number of benzene rings is 2. The Labute approximate surface area is 201 Å². The molecule has 0 bridgehead atoms. The second-order valence-electron chi connectivity index (χ2n) is 8.28. The Hall–Kier alpha value is -4.27. The number of rotatable bonds is 9. The lowest BCUT2D eigenvalue weighted by atomic mass is 9.91. The van der Waals surface area contributed by atoms with Crippen LogP contribution in [0.5, 0.6) is 17.2 Å². The third-order valence-corrected chi connectivity index (χ3v) is 5.74. The zero-order valence-electron chi connectivity index (χ0n) is 19.5. The van der Waals surface area contributed by atoms with E-state index in [1.165, 1.54) is 19.2 Å². The van der Waals surface area contributed by atoms with E-state index in [-0.39, 0.29) is 29.6 Å². The number of phenols is 1. The number of imidazole rings is 1. The number of H-pyrrole nitrogens is 1. The van der Waals surface area contributed by atoms with Crippen molar-refractivity contribution in [2.24, 2.45) is 0 Å². The van der Waals surface area contributed by atoms with E-state index in [4.69, 9.17) is 9.15 Å². The van der Waals surface area contributed by atoms with Crippen LogP contribution in [0.25, 0.3) is 11.0 Å². The highest BCUT2D eigenvalue weighted by Crippen LogP contribution is 2.37. The maximum atomic E-state index is 12.8. The van der Waals surface area contributed by atoms with Gasteiger partial charge in [-0.2, -0.15) is 0 Å². The minimum atomic E-state index is -0.771. The Morgan fingerprint density at radius 3 is 2.77 bits per heavy atom. The number of ether oxygens (including phenoxy) is 1. The quantitative estimate of drug-likeness (QED) is 0.271. The van der Waals surface area contributed by atoms with Gasteiger partial charge in [0.15, 0.2) is 17.3 Å². The van der Waals surface area contributed by atoms with Crippen LogP contribution in [0.4, 0.5) is 0 Å². The third kappa shape index (κ3) is 5.46. The summed E-state index contributed by atoms with van der Waals surface area (Å²) in [7, 11) is 1.41. The van der Waals surface area contributed by atoms with E-state index in [9.17, 15) is 19.8 Å². The molecule has 1 amide bonds. The van der Waals surface area contributed by atoms with Gasteiger partial charge < -0.3 is 29.7 Å². The normalized spacial score (nSPS) is 11.9. The van der Waals surface area contributed by atoms with Gasteiger partial charge in [-0.15, -0.1) is 0 Å². The number of para-hydroxylation sites is 2. The Balaban J connectivity index is 1.47. The van der Waals surface area contributed by atoms with Crippen LogP contribution in [0.1, 0.15) is 41.7 Å². The number of phenolic OH excluding ortho intramolecular Hbond substituents is 1. The Bertz CT molecular complexity index is 1370.